The van der Waals surface area contributed by atoms with Crippen LogP contribution in [0, 0.1) is 0 Å². The van der Waals surface area contributed by atoms with Crippen molar-refractivity contribution in [1.82, 2.24) is 10.6 Å². The highest BCUT2D eigenvalue weighted by molar-refractivity contribution is 8.00. The van der Waals surface area contributed by atoms with E-state index in [4.69, 9.17) is 0 Å². The van der Waals surface area contributed by atoms with Gasteiger partial charge in [-0.05, 0) is 24.2 Å². The topological polar surface area (TPSA) is 78.4 Å². The van der Waals surface area contributed by atoms with E-state index in [2.05, 4.69) is 10.6 Å². The molecule has 2 atom stereocenters. The smallest absolute Gasteiger partial charge is 0.314 e. The molecule has 1 aromatic carbocycles. The molecule has 114 valence electrons. The molecule has 0 spiro atoms. The standard InChI is InChI=1S/C15H20N2O3S/c18-14(19)13(11-5-2-1-3-6-11)10-17-15(20)16-9-12-7-4-8-21-12/h1-3,5-6,12-13H,4,7-10H2,(H,18,19)(H2,16,17,20). The number of hydrogen-bond acceptors (Lipinski definition) is 3. The van der Waals surface area contributed by atoms with Crippen LogP contribution in [-0.2, 0) is 4.79 Å². The largest absolute Gasteiger partial charge is 0.481 e. The molecule has 5 nitrogen and oxygen atoms in total. The van der Waals surface area contributed by atoms with Gasteiger partial charge in [0.15, 0.2) is 0 Å². The normalized spacial score (nSPS) is 19.0. The molecule has 0 bridgehead atoms. The van der Waals surface area contributed by atoms with Crippen LogP contribution in [-0.4, -0.2) is 41.2 Å². The summed E-state index contributed by atoms with van der Waals surface area (Å²) in [5, 5.41) is 15.2. The number of urea groups is 1. The van der Waals surface area contributed by atoms with Crippen molar-refractivity contribution in [2.24, 2.45) is 0 Å². The number of carbonyl (C=O) groups is 2. The Morgan fingerprint density at radius 3 is 2.67 bits per heavy atom. The summed E-state index contributed by atoms with van der Waals surface area (Å²) in [4.78, 5) is 23.0. The fourth-order valence-electron chi connectivity index (χ4n) is 2.30. The summed E-state index contributed by atoms with van der Waals surface area (Å²) in [7, 11) is 0. The predicted molar refractivity (Wildman–Crippen MR) is 83.7 cm³/mol. The molecular formula is C15H20N2O3S. The minimum Gasteiger partial charge on any atom is -0.481 e. The summed E-state index contributed by atoms with van der Waals surface area (Å²) in [6.45, 7) is 0.725. The van der Waals surface area contributed by atoms with Crippen molar-refractivity contribution in [3.05, 3.63) is 35.9 Å². The lowest BCUT2D eigenvalue weighted by atomic mass is 9.99. The van der Waals surface area contributed by atoms with E-state index < -0.39 is 11.9 Å². The maximum absolute atomic E-state index is 11.7. The lowest BCUT2D eigenvalue weighted by molar-refractivity contribution is -0.138. The molecule has 1 heterocycles. The van der Waals surface area contributed by atoms with Gasteiger partial charge >= 0.3 is 12.0 Å². The Balaban J connectivity index is 1.78. The zero-order valence-corrected chi connectivity index (χ0v) is 12.6. The van der Waals surface area contributed by atoms with Crippen molar-refractivity contribution in [1.29, 1.82) is 0 Å². The fourth-order valence-corrected chi connectivity index (χ4v) is 3.50. The molecule has 6 heteroatoms. The quantitative estimate of drug-likeness (QED) is 0.751. The molecule has 0 radical (unpaired) electrons. The van der Waals surface area contributed by atoms with Gasteiger partial charge in [0.25, 0.3) is 0 Å². The number of carboxylic acid groups (broad SMARTS) is 1. The number of amides is 2. The monoisotopic (exact) mass is 308 g/mol. The summed E-state index contributed by atoms with van der Waals surface area (Å²) in [5.74, 6) is -0.506. The van der Waals surface area contributed by atoms with E-state index in [1.165, 1.54) is 6.42 Å². The number of benzene rings is 1. The minimum absolute atomic E-state index is 0.0863. The van der Waals surface area contributed by atoms with Gasteiger partial charge in [-0.15, -0.1) is 0 Å². The van der Waals surface area contributed by atoms with Crippen LogP contribution < -0.4 is 10.6 Å². The Bertz CT molecular complexity index is 475. The average Bonchev–Trinajstić information content (AvgIpc) is 2.99. The third-order valence-electron chi connectivity index (χ3n) is 3.48. The first kappa shape index (κ1) is 15.7. The van der Waals surface area contributed by atoms with Crippen molar-refractivity contribution in [2.75, 3.05) is 18.8 Å². The van der Waals surface area contributed by atoms with Crippen LogP contribution in [0.3, 0.4) is 0 Å². The highest BCUT2D eigenvalue weighted by Crippen LogP contribution is 2.25. The van der Waals surface area contributed by atoms with Crippen LogP contribution in [0.15, 0.2) is 30.3 Å². The molecule has 3 N–H and O–H groups in total. The lowest BCUT2D eigenvalue weighted by Gasteiger charge is -2.15. The SMILES string of the molecule is O=C(NCC1CCCS1)NCC(C(=O)O)c1ccccc1. The van der Waals surface area contributed by atoms with Crippen molar-refractivity contribution in [3.63, 3.8) is 0 Å². The maximum Gasteiger partial charge on any atom is 0.314 e. The minimum atomic E-state index is -0.937. The Kier molecular flexibility index (Phi) is 5.92. The summed E-state index contributed by atoms with van der Waals surface area (Å²) in [5.41, 5.74) is 0.691. The second kappa shape index (κ2) is 7.93. The molecule has 1 saturated heterocycles. The first-order valence-corrected chi connectivity index (χ1v) is 8.12. The zero-order valence-electron chi connectivity index (χ0n) is 11.7. The number of carbonyl (C=O) groups excluding carboxylic acids is 1. The van der Waals surface area contributed by atoms with Gasteiger partial charge < -0.3 is 15.7 Å². The predicted octanol–water partition coefficient (Wildman–Crippen LogP) is 2.05. The van der Waals surface area contributed by atoms with Crippen LogP contribution in [0.4, 0.5) is 4.79 Å². The molecule has 21 heavy (non-hydrogen) atoms. The van der Waals surface area contributed by atoms with E-state index in [0.717, 1.165) is 12.2 Å². The van der Waals surface area contributed by atoms with Crippen LogP contribution >= 0.6 is 11.8 Å². The van der Waals surface area contributed by atoms with Gasteiger partial charge in [-0.25, -0.2) is 4.79 Å². The second-order valence-corrected chi connectivity index (χ2v) is 6.44. The summed E-state index contributed by atoms with van der Waals surface area (Å²) < 4.78 is 0. The Labute approximate surface area is 128 Å². The molecular weight excluding hydrogens is 288 g/mol. The number of thioether (sulfide) groups is 1. The summed E-state index contributed by atoms with van der Waals surface area (Å²) in [6, 6.07) is 8.64. The van der Waals surface area contributed by atoms with Crippen LogP contribution in [0.1, 0.15) is 24.3 Å². The molecule has 1 aromatic rings. The molecule has 1 aliphatic rings. The van der Waals surface area contributed by atoms with Crippen LogP contribution in [0.2, 0.25) is 0 Å². The van der Waals surface area contributed by atoms with Crippen molar-refractivity contribution >= 4 is 23.8 Å². The van der Waals surface area contributed by atoms with E-state index >= 15 is 0 Å². The van der Waals surface area contributed by atoms with Gasteiger partial charge in [-0.2, -0.15) is 11.8 Å². The zero-order chi connectivity index (χ0) is 15.1. The first-order valence-electron chi connectivity index (χ1n) is 7.08. The van der Waals surface area contributed by atoms with Gasteiger partial charge in [-0.1, -0.05) is 30.3 Å². The van der Waals surface area contributed by atoms with Crippen molar-refractivity contribution < 1.29 is 14.7 Å². The highest BCUT2D eigenvalue weighted by Gasteiger charge is 2.21. The Hall–Kier alpha value is -1.69. The third-order valence-corrected chi connectivity index (χ3v) is 4.88. The molecule has 2 rings (SSSR count). The third kappa shape index (κ3) is 4.97. The lowest BCUT2D eigenvalue weighted by Crippen LogP contribution is -2.41. The number of nitrogens with one attached hydrogen (secondary N) is 2. The number of hydrogen-bond donors (Lipinski definition) is 3. The van der Waals surface area contributed by atoms with Crippen LogP contribution in [0.5, 0.6) is 0 Å². The molecule has 1 fully saturated rings. The number of carboxylic acids is 1. The molecule has 0 saturated carbocycles. The Morgan fingerprint density at radius 1 is 1.29 bits per heavy atom. The average molecular weight is 308 g/mol. The number of rotatable bonds is 6. The molecule has 2 unspecified atom stereocenters. The summed E-state index contributed by atoms with van der Waals surface area (Å²) >= 11 is 1.87. The van der Waals surface area contributed by atoms with E-state index in [9.17, 15) is 14.7 Å². The number of aliphatic carboxylic acids is 1. The molecule has 1 aliphatic heterocycles. The Morgan fingerprint density at radius 2 is 2.05 bits per heavy atom. The summed E-state index contributed by atoms with van der Waals surface area (Å²) in [6.07, 6.45) is 2.33. The van der Waals surface area contributed by atoms with Gasteiger partial charge in [-0.3, -0.25) is 4.79 Å². The van der Waals surface area contributed by atoms with Crippen molar-refractivity contribution in [2.45, 2.75) is 24.0 Å². The van der Waals surface area contributed by atoms with Crippen LogP contribution in [0.25, 0.3) is 0 Å². The van der Waals surface area contributed by atoms with Gasteiger partial charge in [0.2, 0.25) is 0 Å². The molecule has 0 aliphatic carbocycles. The van der Waals surface area contributed by atoms with Gasteiger partial charge in [0.05, 0.1) is 5.92 Å². The van der Waals surface area contributed by atoms with E-state index in [1.54, 1.807) is 24.3 Å². The second-order valence-electron chi connectivity index (χ2n) is 5.03. The molecule has 0 aromatic heterocycles. The van der Waals surface area contributed by atoms with E-state index in [1.807, 2.05) is 17.8 Å². The fraction of sp³-hybridized carbons (Fsp3) is 0.467. The van der Waals surface area contributed by atoms with Crippen molar-refractivity contribution in [3.8, 4) is 0 Å². The first-order chi connectivity index (χ1) is 10.2. The highest BCUT2D eigenvalue weighted by atomic mass is 32.2. The van der Waals surface area contributed by atoms with E-state index in [0.29, 0.717) is 17.4 Å². The van der Waals surface area contributed by atoms with E-state index in [-0.39, 0.29) is 12.6 Å². The van der Waals surface area contributed by atoms with Gasteiger partial charge in [0, 0.05) is 18.3 Å². The maximum atomic E-state index is 11.7. The molecule has 2 amide bonds. The van der Waals surface area contributed by atoms with Gasteiger partial charge in [0.1, 0.15) is 0 Å².